The number of benzene rings is 2. The number of aryl methyl sites for hydroxylation is 1. The van der Waals surface area contributed by atoms with Crippen molar-refractivity contribution in [3.63, 3.8) is 0 Å². The minimum absolute atomic E-state index is 0.265. The van der Waals surface area contributed by atoms with Crippen molar-refractivity contribution in [2.45, 2.75) is 19.3 Å². The molecule has 1 aliphatic rings. The van der Waals surface area contributed by atoms with E-state index in [0.29, 0.717) is 0 Å². The predicted molar refractivity (Wildman–Crippen MR) is 87.5 cm³/mol. The number of hydrogen-bond acceptors (Lipinski definition) is 3. The van der Waals surface area contributed by atoms with Gasteiger partial charge in [0.2, 0.25) is 0 Å². The molecule has 21 heavy (non-hydrogen) atoms. The summed E-state index contributed by atoms with van der Waals surface area (Å²) >= 11 is 0. The highest BCUT2D eigenvalue weighted by molar-refractivity contribution is 5.89. The van der Waals surface area contributed by atoms with Crippen molar-refractivity contribution < 1.29 is 0 Å². The molecule has 0 fully saturated rings. The maximum Gasteiger partial charge on any atom is 0.118 e. The molecule has 0 bridgehead atoms. The van der Waals surface area contributed by atoms with Gasteiger partial charge in [-0.05, 0) is 24.5 Å². The molecule has 1 aliphatic heterocycles. The van der Waals surface area contributed by atoms with Crippen LogP contribution in [0.1, 0.15) is 22.6 Å². The summed E-state index contributed by atoms with van der Waals surface area (Å²) in [6.07, 6.45) is 0.956. The zero-order chi connectivity index (χ0) is 14.5. The van der Waals surface area contributed by atoms with Gasteiger partial charge in [0.15, 0.2) is 0 Å². The van der Waals surface area contributed by atoms with E-state index in [1.54, 1.807) is 0 Å². The van der Waals surface area contributed by atoms with Crippen LogP contribution in [0.2, 0.25) is 0 Å². The fourth-order valence-electron chi connectivity index (χ4n) is 2.64. The van der Waals surface area contributed by atoms with Crippen LogP contribution < -0.4 is 10.9 Å². The van der Waals surface area contributed by atoms with Crippen LogP contribution in [0, 0.1) is 6.92 Å². The lowest BCUT2D eigenvalue weighted by Gasteiger charge is -2.24. The van der Waals surface area contributed by atoms with Crippen molar-refractivity contribution in [1.29, 1.82) is 0 Å². The molecule has 0 amide bonds. The van der Waals surface area contributed by atoms with Crippen molar-refractivity contribution in [1.82, 2.24) is 10.9 Å². The maximum atomic E-state index is 4.67. The first-order valence-corrected chi connectivity index (χ1v) is 7.46. The number of aliphatic imine (C=N–C) groups is 1. The fourth-order valence-corrected chi connectivity index (χ4v) is 2.64. The molecular formula is C18H21N3. The highest BCUT2D eigenvalue weighted by Crippen LogP contribution is 2.23. The zero-order valence-corrected chi connectivity index (χ0v) is 12.3. The average molecular weight is 279 g/mol. The van der Waals surface area contributed by atoms with Gasteiger partial charge in [-0.2, -0.15) is 0 Å². The minimum Gasteiger partial charge on any atom is -0.309 e. The van der Waals surface area contributed by atoms with Gasteiger partial charge in [0.05, 0.1) is 6.54 Å². The maximum absolute atomic E-state index is 4.67. The minimum atomic E-state index is 0.265. The lowest BCUT2D eigenvalue weighted by atomic mass is 9.90. The second-order valence-corrected chi connectivity index (χ2v) is 5.47. The largest absolute Gasteiger partial charge is 0.309 e. The van der Waals surface area contributed by atoms with Gasteiger partial charge in [0, 0.05) is 12.5 Å². The second kappa shape index (κ2) is 6.55. The Bertz CT molecular complexity index is 602. The summed E-state index contributed by atoms with van der Waals surface area (Å²) < 4.78 is 0. The fraction of sp³-hybridized carbons (Fsp3) is 0.278. The Morgan fingerprint density at radius 3 is 2.48 bits per heavy atom. The summed E-state index contributed by atoms with van der Waals surface area (Å²) in [6.45, 7) is 3.84. The SMILES string of the molecule is Cc1ccc(C(Cc2ccccc2)C2=NCCNN2)cc1. The molecule has 1 atom stereocenters. The smallest absolute Gasteiger partial charge is 0.118 e. The highest BCUT2D eigenvalue weighted by atomic mass is 15.4. The first-order chi connectivity index (χ1) is 10.3. The zero-order valence-electron chi connectivity index (χ0n) is 12.3. The highest BCUT2D eigenvalue weighted by Gasteiger charge is 2.20. The van der Waals surface area contributed by atoms with Crippen LogP contribution >= 0.6 is 0 Å². The van der Waals surface area contributed by atoms with Gasteiger partial charge < -0.3 is 5.43 Å². The predicted octanol–water partition coefficient (Wildman–Crippen LogP) is 2.83. The Morgan fingerprint density at radius 1 is 1.05 bits per heavy atom. The van der Waals surface area contributed by atoms with Gasteiger partial charge in [-0.15, -0.1) is 0 Å². The molecule has 0 radical (unpaired) electrons. The van der Waals surface area contributed by atoms with Gasteiger partial charge >= 0.3 is 0 Å². The summed E-state index contributed by atoms with van der Waals surface area (Å²) in [5, 5.41) is 0. The molecule has 1 unspecified atom stereocenters. The Hall–Kier alpha value is -2.13. The molecule has 0 spiro atoms. The standard InChI is InChI=1S/C18H21N3/c1-14-7-9-16(10-8-14)17(18-19-11-12-20-21-18)13-15-5-3-2-4-6-15/h2-10,17,20H,11-13H2,1H3,(H,19,21). The van der Waals surface area contributed by atoms with Crippen molar-refractivity contribution in [2.24, 2.45) is 4.99 Å². The molecule has 3 rings (SSSR count). The number of nitrogens with zero attached hydrogens (tertiary/aromatic N) is 1. The topological polar surface area (TPSA) is 36.4 Å². The molecule has 2 N–H and O–H groups in total. The van der Waals surface area contributed by atoms with Crippen LogP contribution in [-0.4, -0.2) is 18.9 Å². The summed E-state index contributed by atoms with van der Waals surface area (Å²) in [6, 6.07) is 19.4. The van der Waals surface area contributed by atoms with E-state index >= 15 is 0 Å². The van der Waals surface area contributed by atoms with E-state index in [2.05, 4.69) is 77.4 Å². The molecule has 0 saturated carbocycles. The molecule has 108 valence electrons. The Labute approximate surface area is 126 Å². The molecule has 3 heteroatoms. The van der Waals surface area contributed by atoms with Gasteiger partial charge in [0.25, 0.3) is 0 Å². The van der Waals surface area contributed by atoms with E-state index in [-0.39, 0.29) is 5.92 Å². The third-order valence-electron chi connectivity index (χ3n) is 3.83. The van der Waals surface area contributed by atoms with Crippen LogP contribution in [-0.2, 0) is 6.42 Å². The van der Waals surface area contributed by atoms with Crippen LogP contribution in [0.15, 0.2) is 59.6 Å². The third-order valence-corrected chi connectivity index (χ3v) is 3.83. The van der Waals surface area contributed by atoms with Crippen molar-refractivity contribution in [2.75, 3.05) is 13.1 Å². The molecular weight excluding hydrogens is 258 g/mol. The molecule has 0 aromatic heterocycles. The second-order valence-electron chi connectivity index (χ2n) is 5.47. The van der Waals surface area contributed by atoms with Gasteiger partial charge in [-0.3, -0.25) is 4.99 Å². The molecule has 3 nitrogen and oxygen atoms in total. The molecule has 2 aromatic carbocycles. The van der Waals surface area contributed by atoms with Gasteiger partial charge in [-0.25, -0.2) is 5.43 Å². The van der Waals surface area contributed by atoms with Crippen molar-refractivity contribution in [3.05, 3.63) is 71.3 Å². The van der Waals surface area contributed by atoms with Crippen molar-refractivity contribution >= 4 is 5.84 Å². The quantitative estimate of drug-likeness (QED) is 0.903. The summed E-state index contributed by atoms with van der Waals surface area (Å²) in [5.41, 5.74) is 10.4. The molecule has 0 aliphatic carbocycles. The van der Waals surface area contributed by atoms with E-state index in [0.717, 1.165) is 25.3 Å². The van der Waals surface area contributed by atoms with E-state index in [1.807, 2.05) is 0 Å². The monoisotopic (exact) mass is 279 g/mol. The first-order valence-electron chi connectivity index (χ1n) is 7.46. The van der Waals surface area contributed by atoms with E-state index in [4.69, 9.17) is 0 Å². The number of hydrogen-bond donors (Lipinski definition) is 2. The summed E-state index contributed by atoms with van der Waals surface area (Å²) in [7, 11) is 0. The van der Waals surface area contributed by atoms with Crippen LogP contribution in [0.3, 0.4) is 0 Å². The first kappa shape index (κ1) is 13.8. The lowest BCUT2D eigenvalue weighted by Crippen LogP contribution is -2.46. The Kier molecular flexibility index (Phi) is 4.31. The van der Waals surface area contributed by atoms with E-state index < -0.39 is 0 Å². The van der Waals surface area contributed by atoms with Gasteiger partial charge in [-0.1, -0.05) is 60.2 Å². The van der Waals surface area contributed by atoms with Crippen LogP contribution in [0.4, 0.5) is 0 Å². The van der Waals surface area contributed by atoms with Crippen molar-refractivity contribution in [3.8, 4) is 0 Å². The normalized spacial score (nSPS) is 16.0. The number of amidine groups is 1. The van der Waals surface area contributed by atoms with Crippen LogP contribution in [0.25, 0.3) is 0 Å². The average Bonchev–Trinajstić information content (AvgIpc) is 2.55. The van der Waals surface area contributed by atoms with Gasteiger partial charge in [0.1, 0.15) is 5.84 Å². The Balaban J connectivity index is 1.90. The number of nitrogens with one attached hydrogen (secondary N) is 2. The molecule has 0 saturated heterocycles. The third kappa shape index (κ3) is 3.50. The number of hydrazine groups is 1. The van der Waals surface area contributed by atoms with E-state index in [1.165, 1.54) is 16.7 Å². The summed E-state index contributed by atoms with van der Waals surface area (Å²) in [4.78, 5) is 4.67. The number of rotatable bonds is 4. The molecule has 1 heterocycles. The Morgan fingerprint density at radius 2 is 1.81 bits per heavy atom. The molecule has 2 aromatic rings. The summed E-state index contributed by atoms with van der Waals surface area (Å²) in [5.74, 6) is 1.30. The lowest BCUT2D eigenvalue weighted by molar-refractivity contribution is 0.601. The van der Waals surface area contributed by atoms with E-state index in [9.17, 15) is 0 Å². The van der Waals surface area contributed by atoms with Crippen LogP contribution in [0.5, 0.6) is 0 Å².